The molecule has 140 valence electrons. The van der Waals surface area contributed by atoms with Gasteiger partial charge in [-0.3, -0.25) is 14.4 Å². The number of carboxylic acids is 1. The van der Waals surface area contributed by atoms with Crippen LogP contribution in [0.1, 0.15) is 36.0 Å². The SMILES string of the molecule is O=C(Nc1ccccc1)c1ccc(NC(=O)C2CCC(C(=O)O)CC2)cc1. The van der Waals surface area contributed by atoms with Crippen LogP contribution in [-0.2, 0) is 9.59 Å². The van der Waals surface area contributed by atoms with Crippen LogP contribution < -0.4 is 10.6 Å². The molecule has 1 fully saturated rings. The lowest BCUT2D eigenvalue weighted by atomic mass is 9.81. The quantitative estimate of drug-likeness (QED) is 0.751. The molecule has 0 unspecified atom stereocenters. The van der Waals surface area contributed by atoms with Gasteiger partial charge in [-0.05, 0) is 62.1 Å². The summed E-state index contributed by atoms with van der Waals surface area (Å²) < 4.78 is 0. The fourth-order valence-electron chi connectivity index (χ4n) is 3.28. The first-order valence-corrected chi connectivity index (χ1v) is 9.03. The van der Waals surface area contributed by atoms with Crippen LogP contribution >= 0.6 is 0 Å². The molecule has 0 spiro atoms. The number of anilines is 2. The fraction of sp³-hybridized carbons (Fsp3) is 0.286. The van der Waals surface area contributed by atoms with Gasteiger partial charge in [-0.2, -0.15) is 0 Å². The summed E-state index contributed by atoms with van der Waals surface area (Å²) in [6.45, 7) is 0. The van der Waals surface area contributed by atoms with E-state index in [9.17, 15) is 14.4 Å². The van der Waals surface area contributed by atoms with E-state index in [1.165, 1.54) is 0 Å². The number of benzene rings is 2. The van der Waals surface area contributed by atoms with Crippen molar-refractivity contribution >= 4 is 29.2 Å². The van der Waals surface area contributed by atoms with E-state index in [0.29, 0.717) is 36.9 Å². The van der Waals surface area contributed by atoms with E-state index >= 15 is 0 Å². The Balaban J connectivity index is 1.54. The second kappa shape index (κ2) is 8.49. The molecule has 1 aliphatic rings. The van der Waals surface area contributed by atoms with E-state index < -0.39 is 5.97 Å². The molecule has 0 aliphatic heterocycles. The standard InChI is InChI=1S/C21H22N2O4/c24-19(14-6-8-16(9-7-14)21(26)27)23-18-12-10-15(11-13-18)20(25)22-17-4-2-1-3-5-17/h1-5,10-14,16H,6-9H2,(H,22,25)(H,23,24)(H,26,27). The van der Waals surface area contributed by atoms with E-state index in [0.717, 1.165) is 5.69 Å². The topological polar surface area (TPSA) is 95.5 Å². The largest absolute Gasteiger partial charge is 0.481 e. The summed E-state index contributed by atoms with van der Waals surface area (Å²) >= 11 is 0. The summed E-state index contributed by atoms with van der Waals surface area (Å²) in [4.78, 5) is 35.6. The monoisotopic (exact) mass is 366 g/mol. The summed E-state index contributed by atoms with van der Waals surface area (Å²) in [6, 6.07) is 15.9. The second-order valence-corrected chi connectivity index (χ2v) is 6.77. The minimum absolute atomic E-state index is 0.0969. The van der Waals surface area contributed by atoms with E-state index in [1.54, 1.807) is 24.3 Å². The molecule has 2 amide bonds. The van der Waals surface area contributed by atoms with Crippen molar-refractivity contribution in [2.45, 2.75) is 25.7 Å². The van der Waals surface area contributed by atoms with Gasteiger partial charge in [-0.25, -0.2) is 0 Å². The Morgan fingerprint density at radius 2 is 1.30 bits per heavy atom. The van der Waals surface area contributed by atoms with Crippen molar-refractivity contribution in [1.29, 1.82) is 0 Å². The molecule has 2 aromatic rings. The van der Waals surface area contributed by atoms with Gasteiger partial charge in [0.1, 0.15) is 0 Å². The lowest BCUT2D eigenvalue weighted by Gasteiger charge is -2.25. The van der Waals surface area contributed by atoms with Gasteiger partial charge >= 0.3 is 5.97 Å². The number of carbonyl (C=O) groups excluding carboxylic acids is 2. The fourth-order valence-corrected chi connectivity index (χ4v) is 3.28. The number of nitrogens with one attached hydrogen (secondary N) is 2. The molecule has 6 heteroatoms. The third-order valence-electron chi connectivity index (χ3n) is 4.89. The normalized spacial score (nSPS) is 19.1. The van der Waals surface area contributed by atoms with Crippen molar-refractivity contribution in [3.8, 4) is 0 Å². The van der Waals surface area contributed by atoms with Gasteiger partial charge in [0.25, 0.3) is 5.91 Å². The number of carbonyl (C=O) groups is 3. The summed E-state index contributed by atoms with van der Waals surface area (Å²) in [5.74, 6) is -1.59. The molecule has 27 heavy (non-hydrogen) atoms. The lowest BCUT2D eigenvalue weighted by Crippen LogP contribution is -2.29. The molecule has 0 saturated heterocycles. The Morgan fingerprint density at radius 3 is 1.89 bits per heavy atom. The Kier molecular flexibility index (Phi) is 5.86. The van der Waals surface area contributed by atoms with Gasteiger partial charge in [0.2, 0.25) is 5.91 Å². The second-order valence-electron chi connectivity index (χ2n) is 6.77. The van der Waals surface area contributed by atoms with Crippen molar-refractivity contribution in [3.05, 3.63) is 60.2 Å². The maximum atomic E-state index is 12.4. The highest BCUT2D eigenvalue weighted by Crippen LogP contribution is 2.29. The number of hydrogen-bond acceptors (Lipinski definition) is 3. The van der Waals surface area contributed by atoms with Crippen LogP contribution in [-0.4, -0.2) is 22.9 Å². The van der Waals surface area contributed by atoms with E-state index in [1.807, 2.05) is 30.3 Å². The zero-order valence-electron chi connectivity index (χ0n) is 14.9. The highest BCUT2D eigenvalue weighted by atomic mass is 16.4. The van der Waals surface area contributed by atoms with E-state index in [-0.39, 0.29) is 23.7 Å². The number of para-hydroxylation sites is 1. The number of aliphatic carboxylic acids is 1. The molecule has 0 radical (unpaired) electrons. The number of rotatable bonds is 5. The summed E-state index contributed by atoms with van der Waals surface area (Å²) in [5, 5.41) is 14.7. The van der Waals surface area contributed by atoms with Crippen LogP contribution in [0.25, 0.3) is 0 Å². The first-order valence-electron chi connectivity index (χ1n) is 9.03. The molecule has 3 N–H and O–H groups in total. The molecule has 6 nitrogen and oxygen atoms in total. The summed E-state index contributed by atoms with van der Waals surface area (Å²) in [6.07, 6.45) is 2.23. The van der Waals surface area contributed by atoms with Gasteiger partial charge in [-0.1, -0.05) is 18.2 Å². The zero-order valence-corrected chi connectivity index (χ0v) is 14.9. The van der Waals surface area contributed by atoms with E-state index in [4.69, 9.17) is 5.11 Å². The Labute approximate surface area is 157 Å². The van der Waals surface area contributed by atoms with Crippen LogP contribution in [0.2, 0.25) is 0 Å². The summed E-state index contributed by atoms with van der Waals surface area (Å²) in [5.41, 5.74) is 1.84. The maximum absolute atomic E-state index is 12.4. The number of carboxylic acid groups (broad SMARTS) is 1. The van der Waals surface area contributed by atoms with Gasteiger partial charge in [0, 0.05) is 22.9 Å². The molecular formula is C21H22N2O4. The molecule has 1 saturated carbocycles. The van der Waals surface area contributed by atoms with Crippen molar-refractivity contribution in [2.24, 2.45) is 11.8 Å². The first kappa shape index (κ1) is 18.6. The highest BCUT2D eigenvalue weighted by Gasteiger charge is 2.29. The molecule has 0 bridgehead atoms. The van der Waals surface area contributed by atoms with Gasteiger partial charge in [0.05, 0.1) is 5.92 Å². The smallest absolute Gasteiger partial charge is 0.306 e. The molecular weight excluding hydrogens is 344 g/mol. The van der Waals surface area contributed by atoms with E-state index in [2.05, 4.69) is 10.6 Å². The van der Waals surface area contributed by atoms with Crippen molar-refractivity contribution in [2.75, 3.05) is 10.6 Å². The molecule has 0 atom stereocenters. The molecule has 0 heterocycles. The van der Waals surface area contributed by atoms with Gasteiger partial charge in [-0.15, -0.1) is 0 Å². The maximum Gasteiger partial charge on any atom is 0.306 e. The zero-order chi connectivity index (χ0) is 19.2. The molecule has 1 aliphatic carbocycles. The Morgan fingerprint density at radius 1 is 0.741 bits per heavy atom. The predicted octanol–water partition coefficient (Wildman–Crippen LogP) is 3.77. The molecule has 2 aromatic carbocycles. The minimum atomic E-state index is -0.779. The highest BCUT2D eigenvalue weighted by molar-refractivity contribution is 6.04. The average molecular weight is 366 g/mol. The van der Waals surface area contributed by atoms with Crippen LogP contribution in [0, 0.1) is 11.8 Å². The van der Waals surface area contributed by atoms with Crippen LogP contribution in [0.15, 0.2) is 54.6 Å². The first-order chi connectivity index (χ1) is 13.0. The predicted molar refractivity (Wildman–Crippen MR) is 103 cm³/mol. The van der Waals surface area contributed by atoms with Crippen molar-refractivity contribution in [1.82, 2.24) is 0 Å². The van der Waals surface area contributed by atoms with Crippen LogP contribution in [0.4, 0.5) is 11.4 Å². The van der Waals surface area contributed by atoms with Crippen LogP contribution in [0.5, 0.6) is 0 Å². The lowest BCUT2D eigenvalue weighted by molar-refractivity contribution is -0.143. The van der Waals surface area contributed by atoms with Crippen molar-refractivity contribution < 1.29 is 19.5 Å². The van der Waals surface area contributed by atoms with Crippen molar-refractivity contribution in [3.63, 3.8) is 0 Å². The minimum Gasteiger partial charge on any atom is -0.481 e. The average Bonchev–Trinajstić information content (AvgIpc) is 2.69. The Bertz CT molecular complexity index is 810. The number of amides is 2. The summed E-state index contributed by atoms with van der Waals surface area (Å²) in [7, 11) is 0. The van der Waals surface area contributed by atoms with Gasteiger partial charge < -0.3 is 15.7 Å². The molecule has 0 aromatic heterocycles. The Hall–Kier alpha value is -3.15. The van der Waals surface area contributed by atoms with Crippen LogP contribution in [0.3, 0.4) is 0 Å². The molecule has 3 rings (SSSR count). The van der Waals surface area contributed by atoms with Gasteiger partial charge in [0.15, 0.2) is 0 Å². The third kappa shape index (κ3) is 4.94. The third-order valence-corrected chi connectivity index (χ3v) is 4.89. The number of hydrogen-bond donors (Lipinski definition) is 3.